The number of amides is 2. The van der Waals surface area contributed by atoms with E-state index in [1.807, 2.05) is 23.5 Å². The summed E-state index contributed by atoms with van der Waals surface area (Å²) in [5.74, 6) is 4.55. The first kappa shape index (κ1) is 47.2. The van der Waals surface area contributed by atoms with E-state index in [0.29, 0.717) is 26.3 Å². The highest BCUT2D eigenvalue weighted by molar-refractivity contribution is 7.99. The van der Waals surface area contributed by atoms with Gasteiger partial charge in [0.15, 0.2) is 0 Å². The summed E-state index contributed by atoms with van der Waals surface area (Å²) in [4.78, 5) is 26.0. The van der Waals surface area contributed by atoms with E-state index in [4.69, 9.17) is 9.47 Å². The van der Waals surface area contributed by atoms with Crippen molar-refractivity contribution in [1.29, 1.82) is 0 Å². The van der Waals surface area contributed by atoms with Crippen LogP contribution in [0.15, 0.2) is 0 Å². The molecule has 0 spiro atoms. The largest absolute Gasteiger partial charge is 0.450 e. The maximum Gasteiger partial charge on any atom is 0.407 e. The first-order chi connectivity index (χ1) is 23.6. The molecule has 0 saturated heterocycles. The van der Waals surface area contributed by atoms with Gasteiger partial charge in [0.2, 0.25) is 0 Å². The molecule has 48 heavy (non-hydrogen) atoms. The Morgan fingerprint density at radius 1 is 0.458 bits per heavy atom. The van der Waals surface area contributed by atoms with Crippen LogP contribution in [0.2, 0.25) is 0 Å². The second kappa shape index (κ2) is 40.6. The van der Waals surface area contributed by atoms with Crippen LogP contribution < -0.4 is 10.6 Å². The van der Waals surface area contributed by atoms with E-state index >= 15 is 0 Å². The third kappa shape index (κ3) is 39.6. The molecule has 9 heteroatoms. The van der Waals surface area contributed by atoms with Gasteiger partial charge >= 0.3 is 12.2 Å². The number of unbranched alkanes of at least 4 members (excludes halogenated alkanes) is 18. The fourth-order valence-corrected chi connectivity index (χ4v) is 7.40. The monoisotopic (exact) mass is 718 g/mol. The van der Waals surface area contributed by atoms with Crippen LogP contribution in [0, 0.1) is 0 Å². The smallest absolute Gasteiger partial charge is 0.407 e. The predicted molar refractivity (Wildman–Crippen MR) is 213 cm³/mol. The number of thioether (sulfide) groups is 2. The van der Waals surface area contributed by atoms with E-state index in [0.717, 1.165) is 50.3 Å². The third-order valence-corrected chi connectivity index (χ3v) is 10.9. The van der Waals surface area contributed by atoms with E-state index in [2.05, 4.69) is 36.4 Å². The zero-order chi connectivity index (χ0) is 35.0. The maximum absolute atomic E-state index is 11.9. The summed E-state index contributed by atoms with van der Waals surface area (Å²) in [6.45, 7) is 8.52. The first-order valence-electron chi connectivity index (χ1n) is 20.2. The van der Waals surface area contributed by atoms with E-state index in [-0.39, 0.29) is 12.2 Å². The molecular weight excluding hydrogens is 639 g/mol. The number of hydrogen-bond acceptors (Lipinski definition) is 7. The second-order valence-corrected chi connectivity index (χ2v) is 15.9. The fraction of sp³-hybridized carbons (Fsp3) is 0.949. The van der Waals surface area contributed by atoms with E-state index in [1.165, 1.54) is 140 Å². The van der Waals surface area contributed by atoms with Gasteiger partial charge in [0.1, 0.15) is 0 Å². The van der Waals surface area contributed by atoms with Crippen molar-refractivity contribution in [3.05, 3.63) is 0 Å². The molecule has 0 aliphatic heterocycles. The van der Waals surface area contributed by atoms with Crippen molar-refractivity contribution < 1.29 is 19.1 Å². The van der Waals surface area contributed by atoms with Crippen LogP contribution in [0.5, 0.6) is 0 Å². The average Bonchev–Trinajstić information content (AvgIpc) is 3.08. The van der Waals surface area contributed by atoms with E-state index in [9.17, 15) is 9.59 Å². The molecule has 0 saturated carbocycles. The van der Waals surface area contributed by atoms with Crippen LogP contribution in [-0.4, -0.2) is 86.5 Å². The summed E-state index contributed by atoms with van der Waals surface area (Å²) in [5.41, 5.74) is 0. The molecule has 0 fully saturated rings. The predicted octanol–water partition coefficient (Wildman–Crippen LogP) is 11.2. The lowest BCUT2D eigenvalue weighted by molar-refractivity contribution is 0.146. The van der Waals surface area contributed by atoms with Gasteiger partial charge in [0.25, 0.3) is 0 Å². The number of rotatable bonds is 38. The molecule has 0 bridgehead atoms. The molecular formula is C39H79N3O4S2. The van der Waals surface area contributed by atoms with E-state index < -0.39 is 0 Å². The SMILES string of the molecule is CCCCCCCCCCCCSCCCOC(=O)NCCCN(C)CCCNC(=O)OCCCSCCCCCCCCCCCC. The van der Waals surface area contributed by atoms with Crippen LogP contribution in [0.25, 0.3) is 0 Å². The van der Waals surface area contributed by atoms with Gasteiger partial charge in [0.05, 0.1) is 13.2 Å². The van der Waals surface area contributed by atoms with Crippen LogP contribution in [0.1, 0.15) is 168 Å². The average molecular weight is 718 g/mol. The van der Waals surface area contributed by atoms with Crippen molar-refractivity contribution in [1.82, 2.24) is 15.5 Å². The molecule has 286 valence electrons. The van der Waals surface area contributed by atoms with Crippen LogP contribution >= 0.6 is 23.5 Å². The Balaban J connectivity index is 3.34. The van der Waals surface area contributed by atoms with Crippen molar-refractivity contribution >= 4 is 35.7 Å². The number of nitrogens with one attached hydrogen (secondary N) is 2. The molecule has 2 N–H and O–H groups in total. The summed E-state index contributed by atoms with van der Waals surface area (Å²) >= 11 is 3.96. The number of hydrogen-bond donors (Lipinski definition) is 2. The van der Waals surface area contributed by atoms with Crippen molar-refractivity contribution in [2.45, 2.75) is 168 Å². The fourth-order valence-electron chi connectivity index (χ4n) is 5.53. The lowest BCUT2D eigenvalue weighted by Crippen LogP contribution is -2.31. The van der Waals surface area contributed by atoms with Gasteiger partial charge in [-0.25, -0.2) is 9.59 Å². The van der Waals surface area contributed by atoms with Gasteiger partial charge in [-0.2, -0.15) is 23.5 Å². The molecule has 2 amide bonds. The Morgan fingerprint density at radius 3 is 1.12 bits per heavy atom. The highest BCUT2D eigenvalue weighted by atomic mass is 32.2. The van der Waals surface area contributed by atoms with Gasteiger partial charge in [-0.05, 0) is 81.7 Å². The third-order valence-electron chi connectivity index (χ3n) is 8.59. The minimum Gasteiger partial charge on any atom is -0.450 e. The molecule has 0 aromatic heterocycles. The van der Waals surface area contributed by atoms with Gasteiger partial charge in [-0.3, -0.25) is 0 Å². The highest BCUT2D eigenvalue weighted by Gasteiger charge is 2.05. The molecule has 0 heterocycles. The Bertz CT molecular complexity index is 621. The van der Waals surface area contributed by atoms with Crippen molar-refractivity contribution in [3.63, 3.8) is 0 Å². The zero-order valence-electron chi connectivity index (χ0n) is 31.9. The molecule has 0 unspecified atom stereocenters. The van der Waals surface area contributed by atoms with Crippen molar-refractivity contribution in [3.8, 4) is 0 Å². The lowest BCUT2D eigenvalue weighted by atomic mass is 10.1. The van der Waals surface area contributed by atoms with Crippen molar-refractivity contribution in [2.75, 3.05) is 69.5 Å². The molecule has 0 rings (SSSR count). The van der Waals surface area contributed by atoms with Crippen molar-refractivity contribution in [2.24, 2.45) is 0 Å². The summed E-state index contributed by atoms with van der Waals surface area (Å²) in [5, 5.41) is 5.71. The standard InChI is InChI=1S/C39H79N3O4S2/c1-4-6-8-10-12-14-16-18-20-22-34-47-36-26-32-45-38(43)40-28-24-30-42(3)31-25-29-41-39(44)46-33-27-37-48-35-23-21-19-17-15-13-11-9-7-5-2/h4-37H2,1-3H3,(H,40,43)(H,41,44). The van der Waals surface area contributed by atoms with Gasteiger partial charge in [0, 0.05) is 13.1 Å². The van der Waals surface area contributed by atoms with Crippen LogP contribution in [0.4, 0.5) is 9.59 Å². The summed E-state index contributed by atoms with van der Waals surface area (Å²) in [6, 6.07) is 0. The topological polar surface area (TPSA) is 79.9 Å². The maximum atomic E-state index is 11.9. The van der Waals surface area contributed by atoms with E-state index in [1.54, 1.807) is 0 Å². The summed E-state index contributed by atoms with van der Waals surface area (Å²) < 4.78 is 10.6. The molecule has 0 radical (unpaired) electrons. The Kier molecular flexibility index (Phi) is 40.0. The van der Waals surface area contributed by atoms with Crippen LogP contribution in [-0.2, 0) is 9.47 Å². The lowest BCUT2D eigenvalue weighted by Gasteiger charge is -2.16. The Hall–Kier alpha value is -0.800. The molecule has 0 atom stereocenters. The van der Waals surface area contributed by atoms with Gasteiger partial charge in [-0.15, -0.1) is 0 Å². The van der Waals surface area contributed by atoms with Gasteiger partial charge < -0.3 is 25.0 Å². The molecule has 0 aliphatic rings. The normalized spacial score (nSPS) is 11.2. The van der Waals surface area contributed by atoms with Gasteiger partial charge in [-0.1, -0.05) is 129 Å². The quantitative estimate of drug-likeness (QED) is 0.0615. The molecule has 0 aromatic rings. The zero-order valence-corrected chi connectivity index (χ0v) is 33.6. The van der Waals surface area contributed by atoms with Crippen LogP contribution in [0.3, 0.4) is 0 Å². The summed E-state index contributed by atoms with van der Waals surface area (Å²) in [7, 11) is 2.07. The molecule has 7 nitrogen and oxygen atoms in total. The molecule has 0 aromatic carbocycles. The number of carbonyl (C=O) groups excluding carboxylic acids is 2. The number of ether oxygens (including phenoxy) is 2. The Morgan fingerprint density at radius 2 is 0.771 bits per heavy atom. The Labute approximate surface area is 306 Å². The minimum atomic E-state index is -0.312. The highest BCUT2D eigenvalue weighted by Crippen LogP contribution is 2.14. The number of nitrogens with zero attached hydrogens (tertiary/aromatic N) is 1. The minimum absolute atomic E-state index is 0.312. The second-order valence-electron chi connectivity index (χ2n) is 13.4. The number of alkyl carbamates (subject to hydrolysis) is 2. The summed E-state index contributed by atoms with van der Waals surface area (Å²) in [6.07, 6.45) is 30.5. The molecule has 0 aliphatic carbocycles. The first-order valence-corrected chi connectivity index (χ1v) is 22.6. The number of carbonyl (C=O) groups is 2.